The van der Waals surface area contributed by atoms with Crippen molar-refractivity contribution in [3.05, 3.63) is 51.5 Å². The topological polar surface area (TPSA) is 41.8 Å². The zero-order valence-electron chi connectivity index (χ0n) is 10.1. The van der Waals surface area contributed by atoms with E-state index < -0.39 is 0 Å². The van der Waals surface area contributed by atoms with E-state index in [4.69, 9.17) is 16.3 Å². The molecule has 0 bridgehead atoms. The Hall–Kier alpha value is -1.52. The second-order valence-corrected chi connectivity index (χ2v) is 5.07. The standard InChI is InChI=1S/C14H11BrClNO2/c1-19-13-4-2-3-9(14(13)18)8-17-12-6-5-10(15)7-11(12)16/h2-8,18H,1H3. The Morgan fingerprint density at radius 2 is 2.11 bits per heavy atom. The summed E-state index contributed by atoms with van der Waals surface area (Å²) in [5, 5.41) is 10.5. The SMILES string of the molecule is COc1cccc(C=Nc2ccc(Br)cc2Cl)c1O. The van der Waals surface area contributed by atoms with Crippen LogP contribution in [0.3, 0.4) is 0 Å². The molecule has 3 nitrogen and oxygen atoms in total. The third kappa shape index (κ3) is 3.28. The summed E-state index contributed by atoms with van der Waals surface area (Å²) >= 11 is 9.39. The lowest BCUT2D eigenvalue weighted by atomic mass is 10.2. The molecule has 0 amide bonds. The first-order chi connectivity index (χ1) is 9.11. The van der Waals surface area contributed by atoms with Crippen molar-refractivity contribution in [3.8, 4) is 11.5 Å². The van der Waals surface area contributed by atoms with Crippen molar-refractivity contribution in [2.24, 2.45) is 4.99 Å². The van der Waals surface area contributed by atoms with Gasteiger partial charge in [0.1, 0.15) is 0 Å². The number of halogens is 2. The lowest BCUT2D eigenvalue weighted by molar-refractivity contribution is 0.373. The van der Waals surface area contributed by atoms with Crippen molar-refractivity contribution >= 4 is 39.4 Å². The molecule has 0 radical (unpaired) electrons. The predicted octanol–water partition coefficient (Wildman–Crippen LogP) is 4.57. The molecule has 0 heterocycles. The van der Waals surface area contributed by atoms with Crippen LogP contribution >= 0.6 is 27.5 Å². The van der Waals surface area contributed by atoms with Crippen LogP contribution in [0.2, 0.25) is 5.02 Å². The van der Waals surface area contributed by atoms with E-state index in [-0.39, 0.29) is 5.75 Å². The van der Waals surface area contributed by atoms with Gasteiger partial charge in [-0.15, -0.1) is 0 Å². The second-order valence-electron chi connectivity index (χ2n) is 3.75. The number of hydrogen-bond acceptors (Lipinski definition) is 3. The van der Waals surface area contributed by atoms with Gasteiger partial charge >= 0.3 is 0 Å². The van der Waals surface area contributed by atoms with E-state index in [1.807, 2.05) is 6.07 Å². The van der Waals surface area contributed by atoms with E-state index in [2.05, 4.69) is 20.9 Å². The lowest BCUT2D eigenvalue weighted by Crippen LogP contribution is -1.88. The summed E-state index contributed by atoms with van der Waals surface area (Å²) in [5.41, 5.74) is 1.20. The number of aliphatic imine (C=N–C) groups is 1. The Morgan fingerprint density at radius 3 is 2.79 bits per heavy atom. The summed E-state index contributed by atoms with van der Waals surface area (Å²) in [6.07, 6.45) is 1.55. The third-order valence-electron chi connectivity index (χ3n) is 2.50. The Kier molecular flexibility index (Phi) is 4.45. The fourth-order valence-corrected chi connectivity index (χ4v) is 2.26. The molecule has 0 aliphatic heterocycles. The highest BCUT2D eigenvalue weighted by atomic mass is 79.9. The minimum absolute atomic E-state index is 0.0574. The molecular weight excluding hydrogens is 330 g/mol. The molecule has 5 heteroatoms. The fraction of sp³-hybridized carbons (Fsp3) is 0.0714. The van der Waals surface area contributed by atoms with Crippen LogP contribution in [0.1, 0.15) is 5.56 Å². The van der Waals surface area contributed by atoms with Crippen molar-refractivity contribution in [2.45, 2.75) is 0 Å². The number of phenolic OH excluding ortho intramolecular Hbond substituents is 1. The summed E-state index contributed by atoms with van der Waals surface area (Å²) < 4.78 is 5.92. The number of nitrogens with zero attached hydrogens (tertiary/aromatic N) is 1. The molecule has 0 spiro atoms. The zero-order chi connectivity index (χ0) is 13.8. The normalized spacial score (nSPS) is 10.9. The van der Waals surface area contributed by atoms with Crippen LogP contribution in [0.15, 0.2) is 45.9 Å². The molecule has 2 rings (SSSR count). The van der Waals surface area contributed by atoms with Crippen molar-refractivity contribution < 1.29 is 9.84 Å². The van der Waals surface area contributed by atoms with Crippen molar-refractivity contribution in [1.82, 2.24) is 0 Å². The van der Waals surface area contributed by atoms with Crippen LogP contribution in [0.25, 0.3) is 0 Å². The highest BCUT2D eigenvalue weighted by Crippen LogP contribution is 2.30. The Balaban J connectivity index is 2.32. The maximum Gasteiger partial charge on any atom is 0.166 e. The first kappa shape index (κ1) is 13.9. The van der Waals surface area contributed by atoms with E-state index >= 15 is 0 Å². The molecular formula is C14H11BrClNO2. The van der Waals surface area contributed by atoms with E-state index in [9.17, 15) is 5.11 Å². The number of para-hydroxylation sites is 1. The molecule has 98 valence electrons. The van der Waals surface area contributed by atoms with Gasteiger partial charge < -0.3 is 9.84 Å². The zero-order valence-corrected chi connectivity index (χ0v) is 12.4. The molecule has 2 aromatic carbocycles. The highest BCUT2D eigenvalue weighted by Gasteiger charge is 2.05. The first-order valence-corrected chi connectivity index (χ1v) is 6.64. The van der Waals surface area contributed by atoms with Gasteiger partial charge in [-0.1, -0.05) is 33.6 Å². The molecule has 0 aliphatic rings. The molecule has 0 saturated carbocycles. The molecule has 0 atom stereocenters. The summed E-state index contributed by atoms with van der Waals surface area (Å²) in [5.74, 6) is 0.466. The monoisotopic (exact) mass is 339 g/mol. The van der Waals surface area contributed by atoms with Crippen LogP contribution in [0.5, 0.6) is 11.5 Å². The second kappa shape index (κ2) is 6.08. The van der Waals surface area contributed by atoms with Gasteiger partial charge in [0.25, 0.3) is 0 Å². The highest BCUT2D eigenvalue weighted by molar-refractivity contribution is 9.10. The molecule has 19 heavy (non-hydrogen) atoms. The van der Waals surface area contributed by atoms with Crippen LogP contribution in [-0.4, -0.2) is 18.4 Å². The van der Waals surface area contributed by atoms with Gasteiger partial charge in [-0.3, -0.25) is 4.99 Å². The van der Waals surface area contributed by atoms with Gasteiger partial charge in [-0.05, 0) is 30.3 Å². The molecule has 0 unspecified atom stereocenters. The summed E-state index contributed by atoms with van der Waals surface area (Å²) in [6, 6.07) is 10.6. The van der Waals surface area contributed by atoms with Gasteiger partial charge in [-0.2, -0.15) is 0 Å². The average Bonchev–Trinajstić information content (AvgIpc) is 2.39. The van der Waals surface area contributed by atoms with Crippen LogP contribution in [0.4, 0.5) is 5.69 Å². The third-order valence-corrected chi connectivity index (χ3v) is 3.30. The van der Waals surface area contributed by atoms with E-state index in [1.165, 1.54) is 7.11 Å². The number of phenols is 1. The molecule has 0 saturated heterocycles. The smallest absolute Gasteiger partial charge is 0.166 e. The van der Waals surface area contributed by atoms with Crippen LogP contribution in [-0.2, 0) is 0 Å². The van der Waals surface area contributed by atoms with Gasteiger partial charge in [0, 0.05) is 16.3 Å². The Morgan fingerprint density at radius 1 is 1.32 bits per heavy atom. The number of benzene rings is 2. The number of hydrogen-bond donors (Lipinski definition) is 1. The molecule has 0 aliphatic carbocycles. The van der Waals surface area contributed by atoms with Gasteiger partial charge in [0.2, 0.25) is 0 Å². The first-order valence-electron chi connectivity index (χ1n) is 5.47. The summed E-state index contributed by atoms with van der Waals surface area (Å²) in [6.45, 7) is 0. The van der Waals surface area contributed by atoms with Crippen LogP contribution in [0, 0.1) is 0 Å². The molecule has 0 fully saturated rings. The molecule has 2 aromatic rings. The van der Waals surface area contributed by atoms with Crippen molar-refractivity contribution in [3.63, 3.8) is 0 Å². The van der Waals surface area contributed by atoms with E-state index in [0.717, 1.165) is 4.47 Å². The predicted molar refractivity (Wildman–Crippen MR) is 81.1 cm³/mol. The maximum absolute atomic E-state index is 9.92. The Labute approximate surface area is 124 Å². The van der Waals surface area contributed by atoms with Crippen molar-refractivity contribution in [1.29, 1.82) is 0 Å². The minimum Gasteiger partial charge on any atom is -0.504 e. The minimum atomic E-state index is 0.0574. The average molecular weight is 341 g/mol. The number of aromatic hydroxyl groups is 1. The van der Waals surface area contributed by atoms with Gasteiger partial charge in [-0.25, -0.2) is 0 Å². The summed E-state index contributed by atoms with van der Waals surface area (Å²) in [7, 11) is 1.50. The molecule has 0 aromatic heterocycles. The fourth-order valence-electron chi connectivity index (χ4n) is 1.53. The quantitative estimate of drug-likeness (QED) is 0.832. The van der Waals surface area contributed by atoms with E-state index in [0.29, 0.717) is 22.0 Å². The largest absolute Gasteiger partial charge is 0.504 e. The van der Waals surface area contributed by atoms with Crippen LogP contribution < -0.4 is 4.74 Å². The van der Waals surface area contributed by atoms with E-state index in [1.54, 1.807) is 36.5 Å². The maximum atomic E-state index is 9.92. The van der Waals surface area contributed by atoms with Gasteiger partial charge in [0.15, 0.2) is 11.5 Å². The molecule has 1 N–H and O–H groups in total. The number of rotatable bonds is 3. The Bertz CT molecular complexity index is 629. The number of methoxy groups -OCH3 is 1. The van der Waals surface area contributed by atoms with Crippen molar-refractivity contribution in [2.75, 3.05) is 7.11 Å². The summed E-state index contributed by atoms with van der Waals surface area (Å²) in [4.78, 5) is 4.26. The van der Waals surface area contributed by atoms with Gasteiger partial charge in [0.05, 0.1) is 17.8 Å². The number of ether oxygens (including phenoxy) is 1. The lowest BCUT2D eigenvalue weighted by Gasteiger charge is -2.05.